The number of ether oxygens (including phenoxy) is 1. The maximum atomic E-state index is 11.9. The minimum atomic E-state index is -1.09. The van der Waals surface area contributed by atoms with Crippen molar-refractivity contribution in [2.45, 2.75) is 38.2 Å². The first-order valence-electron chi connectivity index (χ1n) is 6.64. The number of carboxylic acids is 1. The van der Waals surface area contributed by atoms with Crippen LogP contribution in [0.2, 0.25) is 0 Å². The van der Waals surface area contributed by atoms with Gasteiger partial charge in [0.25, 0.3) is 0 Å². The maximum absolute atomic E-state index is 11.9. The van der Waals surface area contributed by atoms with E-state index in [9.17, 15) is 9.59 Å². The summed E-state index contributed by atoms with van der Waals surface area (Å²) in [5, 5.41) is 9.15. The molecule has 0 aliphatic heterocycles. The third-order valence-corrected chi connectivity index (χ3v) is 3.49. The molecule has 0 aromatic heterocycles. The topological polar surface area (TPSA) is 63.6 Å². The molecular weight excluding hydrogens is 244 g/mol. The van der Waals surface area contributed by atoms with Crippen molar-refractivity contribution < 1.29 is 19.4 Å². The molecule has 1 aliphatic carbocycles. The molecule has 1 atom stereocenters. The fraction of sp³-hybridized carbons (Fsp3) is 0.467. The fourth-order valence-corrected chi connectivity index (χ4v) is 2.41. The number of hydrogen-bond acceptors (Lipinski definition) is 3. The molecule has 1 aromatic rings. The van der Waals surface area contributed by atoms with Crippen LogP contribution in [0.5, 0.6) is 0 Å². The minimum Gasteiger partial charge on any atom is -0.478 e. The van der Waals surface area contributed by atoms with E-state index in [0.29, 0.717) is 0 Å². The first-order valence-corrected chi connectivity index (χ1v) is 6.64. The Morgan fingerprint density at radius 2 is 1.84 bits per heavy atom. The van der Waals surface area contributed by atoms with Crippen LogP contribution in [-0.2, 0) is 20.7 Å². The summed E-state index contributed by atoms with van der Waals surface area (Å²) in [6.45, 7) is 0. The Morgan fingerprint density at radius 1 is 1.21 bits per heavy atom. The van der Waals surface area contributed by atoms with Crippen molar-refractivity contribution >= 4 is 11.9 Å². The van der Waals surface area contributed by atoms with Crippen LogP contribution < -0.4 is 0 Å². The monoisotopic (exact) mass is 262 g/mol. The van der Waals surface area contributed by atoms with Gasteiger partial charge in [-0.15, -0.1) is 0 Å². The van der Waals surface area contributed by atoms with E-state index in [4.69, 9.17) is 9.84 Å². The predicted octanol–water partition coefficient (Wildman–Crippen LogP) is 2.42. The highest BCUT2D eigenvalue weighted by molar-refractivity contribution is 5.79. The Bertz CT molecular complexity index is 435. The molecule has 0 saturated heterocycles. The number of benzene rings is 1. The van der Waals surface area contributed by atoms with Gasteiger partial charge >= 0.3 is 11.9 Å². The van der Waals surface area contributed by atoms with Gasteiger partial charge in [0.15, 0.2) is 0 Å². The number of esters is 1. The quantitative estimate of drug-likeness (QED) is 0.828. The Morgan fingerprint density at radius 3 is 2.42 bits per heavy atom. The number of rotatable bonds is 5. The molecule has 0 radical (unpaired) electrons. The molecule has 1 aliphatic rings. The molecule has 1 aromatic carbocycles. The molecule has 0 heterocycles. The Hall–Kier alpha value is -1.84. The summed E-state index contributed by atoms with van der Waals surface area (Å²) in [7, 11) is 0. The number of carboxylic acid groups (broad SMARTS) is 1. The lowest BCUT2D eigenvalue weighted by molar-refractivity contribution is -0.166. The maximum Gasteiger partial charge on any atom is 0.345 e. The summed E-state index contributed by atoms with van der Waals surface area (Å²) in [5.74, 6) is -1.56. The first kappa shape index (κ1) is 13.6. The van der Waals surface area contributed by atoms with E-state index in [-0.39, 0.29) is 18.3 Å². The highest BCUT2D eigenvalue weighted by Gasteiger charge is 2.29. The van der Waals surface area contributed by atoms with Crippen molar-refractivity contribution in [3.63, 3.8) is 0 Å². The van der Waals surface area contributed by atoms with Crippen molar-refractivity contribution in [1.82, 2.24) is 0 Å². The second kappa shape index (κ2) is 6.36. The zero-order chi connectivity index (χ0) is 13.7. The molecule has 19 heavy (non-hydrogen) atoms. The average Bonchev–Trinajstić information content (AvgIpc) is 2.93. The molecular formula is C15H18O4. The van der Waals surface area contributed by atoms with Crippen molar-refractivity contribution in [2.75, 3.05) is 0 Å². The SMILES string of the molecule is O=C(O[C@@H](Cc1ccccc1)C(=O)O)C1CCCC1. The zero-order valence-corrected chi connectivity index (χ0v) is 10.7. The van der Waals surface area contributed by atoms with Crippen LogP contribution in [-0.4, -0.2) is 23.1 Å². The molecule has 0 bridgehead atoms. The van der Waals surface area contributed by atoms with Gasteiger partial charge in [-0.2, -0.15) is 0 Å². The van der Waals surface area contributed by atoms with Gasteiger partial charge in [0.05, 0.1) is 5.92 Å². The second-order valence-corrected chi connectivity index (χ2v) is 4.93. The number of carbonyl (C=O) groups excluding carboxylic acids is 1. The smallest absolute Gasteiger partial charge is 0.345 e. The van der Waals surface area contributed by atoms with Gasteiger partial charge in [-0.3, -0.25) is 4.79 Å². The van der Waals surface area contributed by atoms with Gasteiger partial charge < -0.3 is 9.84 Å². The van der Waals surface area contributed by atoms with E-state index < -0.39 is 12.1 Å². The largest absolute Gasteiger partial charge is 0.478 e. The molecule has 1 fully saturated rings. The van der Waals surface area contributed by atoms with Crippen molar-refractivity contribution in [2.24, 2.45) is 5.92 Å². The Kier molecular flexibility index (Phi) is 4.55. The van der Waals surface area contributed by atoms with E-state index >= 15 is 0 Å². The van der Waals surface area contributed by atoms with Crippen LogP contribution in [0.15, 0.2) is 30.3 Å². The summed E-state index contributed by atoms with van der Waals surface area (Å²) >= 11 is 0. The highest BCUT2D eigenvalue weighted by atomic mass is 16.6. The van der Waals surface area contributed by atoms with Crippen LogP contribution in [0.3, 0.4) is 0 Å². The van der Waals surface area contributed by atoms with Gasteiger partial charge in [-0.05, 0) is 18.4 Å². The summed E-state index contributed by atoms with van der Waals surface area (Å²) in [4.78, 5) is 23.0. The third kappa shape index (κ3) is 3.81. The van der Waals surface area contributed by atoms with Crippen LogP contribution in [0.4, 0.5) is 0 Å². The number of aliphatic carboxylic acids is 1. The van der Waals surface area contributed by atoms with Gasteiger partial charge in [0.2, 0.25) is 6.10 Å². The van der Waals surface area contributed by atoms with Crippen molar-refractivity contribution in [3.05, 3.63) is 35.9 Å². The normalized spacial score (nSPS) is 17.1. The fourth-order valence-electron chi connectivity index (χ4n) is 2.41. The summed E-state index contributed by atoms with van der Waals surface area (Å²) < 4.78 is 5.16. The van der Waals surface area contributed by atoms with Crippen molar-refractivity contribution in [3.8, 4) is 0 Å². The predicted molar refractivity (Wildman–Crippen MR) is 69.6 cm³/mol. The molecule has 0 spiro atoms. The molecule has 0 unspecified atom stereocenters. The molecule has 102 valence electrons. The minimum absolute atomic E-state index is 0.113. The van der Waals surface area contributed by atoms with Crippen LogP contribution in [0.25, 0.3) is 0 Å². The van der Waals surface area contributed by atoms with Crippen LogP contribution >= 0.6 is 0 Å². The van der Waals surface area contributed by atoms with E-state index in [1.54, 1.807) is 0 Å². The average molecular weight is 262 g/mol. The van der Waals surface area contributed by atoms with Crippen LogP contribution in [0, 0.1) is 5.92 Å². The lowest BCUT2D eigenvalue weighted by atomic mass is 10.1. The third-order valence-electron chi connectivity index (χ3n) is 3.49. The number of hydrogen-bond donors (Lipinski definition) is 1. The van der Waals surface area contributed by atoms with Gasteiger partial charge in [-0.25, -0.2) is 4.79 Å². The zero-order valence-electron chi connectivity index (χ0n) is 10.7. The summed E-state index contributed by atoms with van der Waals surface area (Å²) in [6, 6.07) is 9.21. The Balaban J connectivity index is 1.96. The van der Waals surface area contributed by atoms with E-state index in [2.05, 4.69) is 0 Å². The van der Waals surface area contributed by atoms with E-state index in [1.165, 1.54) is 0 Å². The van der Waals surface area contributed by atoms with Gasteiger partial charge in [-0.1, -0.05) is 43.2 Å². The number of carbonyl (C=O) groups is 2. The molecule has 0 amide bonds. The second-order valence-electron chi connectivity index (χ2n) is 4.93. The summed E-state index contributed by atoms with van der Waals surface area (Å²) in [5.41, 5.74) is 0.856. The van der Waals surface area contributed by atoms with Gasteiger partial charge in [0, 0.05) is 6.42 Å². The molecule has 2 rings (SSSR count). The lowest BCUT2D eigenvalue weighted by Crippen LogP contribution is -2.31. The molecule has 4 heteroatoms. The highest BCUT2D eigenvalue weighted by Crippen LogP contribution is 2.26. The lowest BCUT2D eigenvalue weighted by Gasteiger charge is -2.16. The standard InChI is InChI=1S/C15H18O4/c16-14(17)13(10-11-6-2-1-3-7-11)19-15(18)12-8-4-5-9-12/h1-3,6-7,12-13H,4-5,8-10H2,(H,16,17)/t13-/m0/s1. The first-order chi connectivity index (χ1) is 9.16. The van der Waals surface area contributed by atoms with E-state index in [0.717, 1.165) is 31.2 Å². The summed E-state index contributed by atoms with van der Waals surface area (Å²) in [6.07, 6.45) is 2.81. The molecule has 1 saturated carbocycles. The van der Waals surface area contributed by atoms with Gasteiger partial charge in [0.1, 0.15) is 0 Å². The molecule has 4 nitrogen and oxygen atoms in total. The van der Waals surface area contributed by atoms with E-state index in [1.807, 2.05) is 30.3 Å². The Labute approximate surface area is 112 Å². The van der Waals surface area contributed by atoms with Crippen LogP contribution in [0.1, 0.15) is 31.2 Å². The molecule has 1 N–H and O–H groups in total. The van der Waals surface area contributed by atoms with Crippen molar-refractivity contribution in [1.29, 1.82) is 0 Å².